The summed E-state index contributed by atoms with van der Waals surface area (Å²) in [7, 11) is 0. The zero-order valence-corrected chi connectivity index (χ0v) is 12.0. The fourth-order valence-corrected chi connectivity index (χ4v) is 2.55. The van der Waals surface area contributed by atoms with Crippen molar-refractivity contribution in [3.63, 3.8) is 0 Å². The summed E-state index contributed by atoms with van der Waals surface area (Å²) < 4.78 is 5.38. The van der Waals surface area contributed by atoms with E-state index in [0.29, 0.717) is 11.6 Å². The molecular weight excluding hydrogens is 242 g/mol. The number of nitrogens with one attached hydrogen (secondary N) is 1. The predicted octanol–water partition coefficient (Wildman–Crippen LogP) is 3.20. The molecule has 1 aliphatic rings. The molecule has 1 N–H and O–H groups in total. The molecule has 0 amide bonds. The predicted molar refractivity (Wildman–Crippen MR) is 72.0 cm³/mol. The van der Waals surface area contributed by atoms with Gasteiger partial charge in [-0.15, -0.1) is 5.10 Å². The number of aromatic nitrogens is 3. The van der Waals surface area contributed by atoms with Crippen LogP contribution in [0.5, 0.6) is 0 Å². The summed E-state index contributed by atoms with van der Waals surface area (Å²) in [5, 5.41) is 10.8. The summed E-state index contributed by atoms with van der Waals surface area (Å²) in [5.74, 6) is -0.0377. The highest BCUT2D eigenvalue weighted by atomic mass is 16.6. The zero-order valence-electron chi connectivity index (χ0n) is 12.0. The highest BCUT2D eigenvalue weighted by Gasteiger charge is 2.28. The number of ether oxygens (including phenoxy) is 1. The molecule has 1 saturated carbocycles. The van der Waals surface area contributed by atoms with Gasteiger partial charge in [0.1, 0.15) is 11.3 Å². The van der Waals surface area contributed by atoms with E-state index in [9.17, 15) is 4.79 Å². The van der Waals surface area contributed by atoms with E-state index in [1.165, 1.54) is 25.7 Å². The van der Waals surface area contributed by atoms with Gasteiger partial charge in [-0.05, 0) is 33.6 Å². The van der Waals surface area contributed by atoms with E-state index >= 15 is 0 Å². The maximum absolute atomic E-state index is 12.1. The van der Waals surface area contributed by atoms with Gasteiger partial charge >= 0.3 is 5.97 Å². The molecule has 1 fully saturated rings. The Labute approximate surface area is 114 Å². The Hall–Kier alpha value is -1.39. The summed E-state index contributed by atoms with van der Waals surface area (Å²) >= 11 is 0. The van der Waals surface area contributed by atoms with Gasteiger partial charge in [-0.1, -0.05) is 25.7 Å². The molecule has 0 aromatic carbocycles. The van der Waals surface area contributed by atoms with Crippen LogP contribution in [0, 0.1) is 0 Å². The van der Waals surface area contributed by atoms with Gasteiger partial charge in [-0.3, -0.25) is 0 Å². The number of aromatic amines is 1. The van der Waals surface area contributed by atoms with Crippen LogP contribution >= 0.6 is 0 Å². The number of hydrogen-bond acceptors (Lipinski definition) is 4. The summed E-state index contributed by atoms with van der Waals surface area (Å²) in [6.07, 6.45) is 7.12. The van der Waals surface area contributed by atoms with E-state index < -0.39 is 5.60 Å². The second-order valence-electron chi connectivity index (χ2n) is 6.25. The topological polar surface area (TPSA) is 67.9 Å². The molecule has 0 aliphatic heterocycles. The highest BCUT2D eigenvalue weighted by Crippen LogP contribution is 2.32. The molecule has 0 unspecified atom stereocenters. The molecule has 5 nitrogen and oxygen atoms in total. The van der Waals surface area contributed by atoms with Crippen LogP contribution in [0.4, 0.5) is 0 Å². The first-order chi connectivity index (χ1) is 8.97. The minimum atomic E-state index is -0.503. The molecule has 5 heteroatoms. The Bertz CT molecular complexity index is 426. The number of rotatable bonds is 2. The van der Waals surface area contributed by atoms with E-state index in [1.54, 1.807) is 0 Å². The SMILES string of the molecule is CC(C)(C)OC(=O)c1n[nH]nc1C1CCCCCC1. The lowest BCUT2D eigenvalue weighted by atomic mass is 9.95. The lowest BCUT2D eigenvalue weighted by molar-refractivity contribution is 0.00609. The van der Waals surface area contributed by atoms with Crippen LogP contribution in [-0.2, 0) is 4.74 Å². The van der Waals surface area contributed by atoms with E-state index in [1.807, 2.05) is 20.8 Å². The number of nitrogens with zero attached hydrogens (tertiary/aromatic N) is 2. The summed E-state index contributed by atoms with van der Waals surface area (Å²) in [4.78, 5) is 12.1. The van der Waals surface area contributed by atoms with Crippen molar-refractivity contribution in [1.82, 2.24) is 15.4 Å². The van der Waals surface area contributed by atoms with E-state index in [2.05, 4.69) is 15.4 Å². The number of H-pyrrole nitrogens is 1. The van der Waals surface area contributed by atoms with Crippen molar-refractivity contribution in [1.29, 1.82) is 0 Å². The van der Waals surface area contributed by atoms with Crippen LogP contribution in [0.25, 0.3) is 0 Å². The molecule has 0 atom stereocenters. The summed E-state index contributed by atoms with van der Waals surface area (Å²) in [6, 6.07) is 0. The Morgan fingerprint density at radius 3 is 2.37 bits per heavy atom. The molecule has 1 heterocycles. The Kier molecular flexibility index (Phi) is 4.22. The minimum absolute atomic E-state index is 0.337. The molecule has 0 radical (unpaired) electrons. The standard InChI is InChI=1S/C14H23N3O2/c1-14(2,3)19-13(18)12-11(15-17-16-12)10-8-6-4-5-7-9-10/h10H,4-9H2,1-3H3,(H,15,16,17). The number of carbonyl (C=O) groups excluding carboxylic acids is 1. The van der Waals surface area contributed by atoms with Crippen molar-refractivity contribution in [3.05, 3.63) is 11.4 Å². The lowest BCUT2D eigenvalue weighted by Crippen LogP contribution is -2.25. The van der Waals surface area contributed by atoms with Gasteiger partial charge in [0.2, 0.25) is 0 Å². The maximum Gasteiger partial charge on any atom is 0.361 e. The van der Waals surface area contributed by atoms with Gasteiger partial charge in [0.15, 0.2) is 5.69 Å². The highest BCUT2D eigenvalue weighted by molar-refractivity contribution is 5.88. The normalized spacial score (nSPS) is 18.1. The number of esters is 1. The third-order valence-corrected chi connectivity index (χ3v) is 3.41. The molecule has 0 bridgehead atoms. The molecule has 1 aliphatic carbocycles. The summed E-state index contributed by atoms with van der Waals surface area (Å²) in [6.45, 7) is 5.57. The van der Waals surface area contributed by atoms with Crippen LogP contribution in [0.3, 0.4) is 0 Å². The van der Waals surface area contributed by atoms with Gasteiger partial charge in [0, 0.05) is 5.92 Å². The second-order valence-corrected chi connectivity index (χ2v) is 6.25. The van der Waals surface area contributed by atoms with Crippen molar-refractivity contribution in [3.8, 4) is 0 Å². The van der Waals surface area contributed by atoms with Gasteiger partial charge in [0.25, 0.3) is 0 Å². The van der Waals surface area contributed by atoms with Crippen molar-refractivity contribution >= 4 is 5.97 Å². The van der Waals surface area contributed by atoms with Crippen LogP contribution < -0.4 is 0 Å². The van der Waals surface area contributed by atoms with Crippen molar-refractivity contribution in [2.45, 2.75) is 70.8 Å². The molecule has 19 heavy (non-hydrogen) atoms. The Morgan fingerprint density at radius 1 is 1.16 bits per heavy atom. The van der Waals surface area contributed by atoms with Crippen molar-refractivity contribution in [2.75, 3.05) is 0 Å². The average molecular weight is 265 g/mol. The lowest BCUT2D eigenvalue weighted by Gasteiger charge is -2.19. The molecule has 1 aromatic heterocycles. The van der Waals surface area contributed by atoms with E-state index in [4.69, 9.17) is 4.74 Å². The van der Waals surface area contributed by atoms with Crippen LogP contribution in [-0.4, -0.2) is 27.0 Å². The second kappa shape index (κ2) is 5.72. The number of hydrogen-bond donors (Lipinski definition) is 1. The van der Waals surface area contributed by atoms with Crippen LogP contribution in [0.15, 0.2) is 0 Å². The fraction of sp³-hybridized carbons (Fsp3) is 0.786. The van der Waals surface area contributed by atoms with E-state index in [-0.39, 0.29) is 5.97 Å². The molecule has 106 valence electrons. The Balaban J connectivity index is 2.14. The first-order valence-electron chi connectivity index (χ1n) is 7.11. The van der Waals surface area contributed by atoms with Crippen molar-refractivity contribution < 1.29 is 9.53 Å². The van der Waals surface area contributed by atoms with Crippen LogP contribution in [0.1, 0.15) is 81.4 Å². The molecule has 1 aromatic rings. The first-order valence-corrected chi connectivity index (χ1v) is 7.11. The largest absolute Gasteiger partial charge is 0.455 e. The molecule has 0 spiro atoms. The van der Waals surface area contributed by atoms with Gasteiger partial charge < -0.3 is 4.74 Å². The first kappa shape index (κ1) is 14.0. The van der Waals surface area contributed by atoms with E-state index in [0.717, 1.165) is 18.5 Å². The quantitative estimate of drug-likeness (QED) is 0.658. The third-order valence-electron chi connectivity index (χ3n) is 3.41. The monoisotopic (exact) mass is 265 g/mol. The maximum atomic E-state index is 12.1. The van der Waals surface area contributed by atoms with Gasteiger partial charge in [0.05, 0.1) is 0 Å². The van der Waals surface area contributed by atoms with Gasteiger partial charge in [-0.25, -0.2) is 4.79 Å². The zero-order chi connectivity index (χ0) is 13.9. The molecule has 0 saturated heterocycles. The van der Waals surface area contributed by atoms with Gasteiger partial charge in [-0.2, -0.15) is 10.3 Å². The average Bonchev–Trinajstić information content (AvgIpc) is 2.63. The summed E-state index contributed by atoms with van der Waals surface area (Å²) in [5.41, 5.74) is 0.648. The minimum Gasteiger partial charge on any atom is -0.455 e. The Morgan fingerprint density at radius 2 is 1.79 bits per heavy atom. The number of carbonyl (C=O) groups is 1. The molecule has 2 rings (SSSR count). The smallest absolute Gasteiger partial charge is 0.361 e. The van der Waals surface area contributed by atoms with Crippen LogP contribution in [0.2, 0.25) is 0 Å². The molecular formula is C14H23N3O2. The fourth-order valence-electron chi connectivity index (χ4n) is 2.55. The van der Waals surface area contributed by atoms with Crippen molar-refractivity contribution in [2.24, 2.45) is 0 Å². The third kappa shape index (κ3) is 3.78.